The number of hydrogen-bond acceptors (Lipinski definition) is 4. The highest BCUT2D eigenvalue weighted by atomic mass is 79.9. The van der Waals surface area contributed by atoms with Crippen molar-refractivity contribution in [2.45, 2.75) is 32.2 Å². The highest BCUT2D eigenvalue weighted by molar-refractivity contribution is 9.10. The summed E-state index contributed by atoms with van der Waals surface area (Å²) in [6.07, 6.45) is -5.81. The van der Waals surface area contributed by atoms with Crippen LogP contribution in [0.5, 0.6) is 0 Å². The molecule has 0 bridgehead atoms. The Balaban J connectivity index is 2.48. The van der Waals surface area contributed by atoms with Crippen LogP contribution in [-0.2, 0) is 7.05 Å². The Hall–Kier alpha value is -1.42. The third kappa shape index (κ3) is 2.35. The Bertz CT molecular complexity index is 640. The number of hydrogen-bond donors (Lipinski definition) is 1. The first-order valence-corrected chi connectivity index (χ1v) is 6.65. The Morgan fingerprint density at radius 1 is 1.43 bits per heavy atom. The fourth-order valence-corrected chi connectivity index (χ4v) is 2.48. The Morgan fingerprint density at radius 3 is 2.43 bits per heavy atom. The van der Waals surface area contributed by atoms with Crippen LogP contribution < -0.4 is 0 Å². The minimum atomic E-state index is -5.03. The molecule has 1 unspecified atom stereocenters. The molecule has 0 fully saturated rings. The van der Waals surface area contributed by atoms with Crippen LogP contribution in [0.2, 0.25) is 0 Å². The molecule has 1 aromatic heterocycles. The summed E-state index contributed by atoms with van der Waals surface area (Å²) in [7, 11) is 1.55. The number of rotatable bonds is 1. The largest absolute Gasteiger partial charge is 0.438 e. The van der Waals surface area contributed by atoms with Gasteiger partial charge in [0.15, 0.2) is 5.69 Å². The van der Waals surface area contributed by atoms with Gasteiger partial charge in [-0.25, -0.2) is 0 Å². The second kappa shape index (κ2) is 4.80. The third-order valence-electron chi connectivity index (χ3n) is 3.23. The molecule has 1 aliphatic heterocycles. The van der Waals surface area contributed by atoms with Crippen LogP contribution in [0, 0.1) is 6.92 Å². The van der Waals surface area contributed by atoms with Crippen molar-refractivity contribution in [1.29, 1.82) is 0 Å². The lowest BCUT2D eigenvalue weighted by Crippen LogP contribution is -2.56. The van der Waals surface area contributed by atoms with Crippen molar-refractivity contribution in [3.05, 3.63) is 15.9 Å². The maximum atomic E-state index is 13.1. The zero-order chi connectivity index (χ0) is 16.2. The summed E-state index contributed by atoms with van der Waals surface area (Å²) in [5, 5.41) is 17.3. The molecule has 1 amide bonds. The molecule has 1 atom stereocenters. The summed E-state index contributed by atoms with van der Waals surface area (Å²) < 4.78 is 40.8. The number of aliphatic hydroxyl groups is 1. The monoisotopic (exact) mass is 368 g/mol. The van der Waals surface area contributed by atoms with E-state index in [1.807, 2.05) is 0 Å². The molecule has 21 heavy (non-hydrogen) atoms. The van der Waals surface area contributed by atoms with Gasteiger partial charge in [-0.2, -0.15) is 28.4 Å². The molecule has 0 saturated heterocycles. The fourth-order valence-electron chi connectivity index (χ4n) is 1.97. The van der Waals surface area contributed by atoms with Gasteiger partial charge in [-0.1, -0.05) is 0 Å². The molecule has 2 heterocycles. The summed E-state index contributed by atoms with van der Waals surface area (Å²) in [6.45, 7) is 2.95. The van der Waals surface area contributed by atoms with Crippen molar-refractivity contribution < 1.29 is 23.1 Å². The van der Waals surface area contributed by atoms with Crippen molar-refractivity contribution in [3.63, 3.8) is 0 Å². The lowest BCUT2D eigenvalue weighted by Gasteiger charge is -2.32. The Morgan fingerprint density at radius 2 is 2.00 bits per heavy atom. The first-order valence-electron chi connectivity index (χ1n) is 5.86. The average Bonchev–Trinajstić information content (AvgIpc) is 2.80. The van der Waals surface area contributed by atoms with E-state index in [0.29, 0.717) is 5.69 Å². The molecule has 0 aromatic carbocycles. The van der Waals surface area contributed by atoms with Gasteiger partial charge in [-0.3, -0.25) is 9.48 Å². The van der Waals surface area contributed by atoms with Gasteiger partial charge < -0.3 is 5.11 Å². The van der Waals surface area contributed by atoms with Crippen LogP contribution in [0.15, 0.2) is 9.57 Å². The van der Waals surface area contributed by atoms with Gasteiger partial charge in [0.05, 0.1) is 10.2 Å². The summed E-state index contributed by atoms with van der Waals surface area (Å²) in [5.41, 5.74) is -3.02. The first kappa shape index (κ1) is 16.0. The third-order valence-corrected chi connectivity index (χ3v) is 4.18. The normalized spacial score (nSPS) is 22.7. The second-order valence-electron chi connectivity index (χ2n) is 4.81. The van der Waals surface area contributed by atoms with E-state index < -0.39 is 24.2 Å². The smallest absolute Gasteiger partial charge is 0.362 e. The van der Waals surface area contributed by atoms with Gasteiger partial charge in [0.1, 0.15) is 0 Å². The van der Waals surface area contributed by atoms with Crippen LogP contribution in [-0.4, -0.2) is 43.4 Å². The number of aryl methyl sites for hydroxylation is 1. The van der Waals surface area contributed by atoms with Gasteiger partial charge in [0.25, 0.3) is 11.6 Å². The van der Waals surface area contributed by atoms with Crippen LogP contribution in [0.1, 0.15) is 29.5 Å². The first-order chi connectivity index (χ1) is 9.49. The Kier molecular flexibility index (Phi) is 3.65. The lowest BCUT2D eigenvalue weighted by molar-refractivity contribution is -0.297. The van der Waals surface area contributed by atoms with E-state index in [4.69, 9.17) is 0 Å². The molecule has 1 aromatic rings. The van der Waals surface area contributed by atoms with Gasteiger partial charge in [-0.05, 0) is 29.8 Å². The van der Waals surface area contributed by atoms with Crippen molar-refractivity contribution >= 4 is 27.5 Å². The molecule has 10 heteroatoms. The summed E-state index contributed by atoms with van der Waals surface area (Å²) >= 11 is 3.11. The average molecular weight is 369 g/mol. The topological polar surface area (TPSA) is 70.7 Å². The predicted octanol–water partition coefficient (Wildman–Crippen LogP) is 1.96. The maximum absolute atomic E-state index is 13.1. The molecule has 0 saturated carbocycles. The van der Waals surface area contributed by atoms with Crippen LogP contribution >= 0.6 is 15.9 Å². The molecule has 116 valence electrons. The fraction of sp³-hybridized carbons (Fsp3) is 0.545. The van der Waals surface area contributed by atoms with E-state index in [9.17, 15) is 23.1 Å². The number of carbonyl (C=O) groups is 1. The van der Waals surface area contributed by atoms with E-state index in [2.05, 4.69) is 26.1 Å². The molecule has 1 aliphatic rings. The van der Waals surface area contributed by atoms with Gasteiger partial charge in [0.2, 0.25) is 0 Å². The zero-order valence-corrected chi connectivity index (χ0v) is 12.9. The van der Waals surface area contributed by atoms with E-state index >= 15 is 0 Å². The lowest BCUT2D eigenvalue weighted by atomic mass is 10.1. The molecular formula is C11H12BrF3N4O2. The van der Waals surface area contributed by atoms with Crippen molar-refractivity contribution in [2.75, 3.05) is 0 Å². The quantitative estimate of drug-likeness (QED) is 0.823. The summed E-state index contributed by atoms with van der Waals surface area (Å²) in [5.74, 6) is -1.12. The van der Waals surface area contributed by atoms with E-state index in [1.165, 1.54) is 11.6 Å². The number of alkyl halides is 3. The van der Waals surface area contributed by atoms with E-state index in [0.717, 1.165) is 0 Å². The SMILES string of the molecule is CC1=NN(C(=O)c2nn(C)c(C)c2Br)C(O)(C(F)(F)F)C1. The van der Waals surface area contributed by atoms with Gasteiger partial charge in [0, 0.05) is 19.2 Å². The maximum Gasteiger partial charge on any atom is 0.438 e. The summed E-state index contributed by atoms with van der Waals surface area (Å²) in [6, 6.07) is 0. The molecular weight excluding hydrogens is 357 g/mol. The second-order valence-corrected chi connectivity index (χ2v) is 5.61. The molecule has 1 N–H and O–H groups in total. The standard InChI is InChI=1S/C11H12BrF3N4O2/c1-5-4-10(21,11(13,14)15)19(16-5)9(20)8-7(12)6(2)18(3)17-8/h21H,4H2,1-3H3. The number of amides is 1. The number of hydrazone groups is 1. The zero-order valence-electron chi connectivity index (χ0n) is 11.4. The van der Waals surface area contributed by atoms with E-state index in [-0.39, 0.29) is 20.9 Å². The number of aromatic nitrogens is 2. The van der Waals surface area contributed by atoms with Crippen LogP contribution in [0.4, 0.5) is 13.2 Å². The summed E-state index contributed by atoms with van der Waals surface area (Å²) in [4.78, 5) is 12.3. The molecule has 0 spiro atoms. The highest BCUT2D eigenvalue weighted by Gasteiger charge is 2.63. The molecule has 0 radical (unpaired) electrons. The number of carbonyl (C=O) groups excluding carboxylic acids is 1. The minimum Gasteiger partial charge on any atom is -0.362 e. The number of nitrogens with zero attached hydrogens (tertiary/aromatic N) is 4. The van der Waals surface area contributed by atoms with E-state index in [1.54, 1.807) is 14.0 Å². The number of halogens is 4. The predicted molar refractivity (Wildman–Crippen MR) is 70.5 cm³/mol. The van der Waals surface area contributed by atoms with Crippen LogP contribution in [0.25, 0.3) is 0 Å². The molecule has 0 aliphatic carbocycles. The van der Waals surface area contributed by atoms with Crippen LogP contribution in [0.3, 0.4) is 0 Å². The molecule has 2 rings (SSSR count). The molecule has 6 nitrogen and oxygen atoms in total. The van der Waals surface area contributed by atoms with Gasteiger partial charge in [-0.15, -0.1) is 0 Å². The van der Waals surface area contributed by atoms with Gasteiger partial charge >= 0.3 is 6.18 Å². The minimum absolute atomic E-state index is 0.00644. The Labute approximate surface area is 126 Å². The highest BCUT2D eigenvalue weighted by Crippen LogP contribution is 2.41. The van der Waals surface area contributed by atoms with Crippen molar-refractivity contribution in [2.24, 2.45) is 12.1 Å². The van der Waals surface area contributed by atoms with Crippen molar-refractivity contribution in [1.82, 2.24) is 14.8 Å². The van der Waals surface area contributed by atoms with Crippen molar-refractivity contribution in [3.8, 4) is 0 Å².